The summed E-state index contributed by atoms with van der Waals surface area (Å²) in [4.78, 5) is 20.9. The second-order valence-electron chi connectivity index (χ2n) is 5.94. The summed E-state index contributed by atoms with van der Waals surface area (Å²) in [6, 6.07) is 0.326. The number of hydrogen-bond donors (Lipinski definition) is 1. The largest absolute Gasteiger partial charge is 0.414 e. The van der Waals surface area contributed by atoms with Crippen molar-refractivity contribution >= 4 is 22.5 Å². The molecule has 25 heavy (non-hydrogen) atoms. The highest BCUT2D eigenvalue weighted by Crippen LogP contribution is 2.38. The molecule has 134 valence electrons. The molecule has 8 nitrogen and oxygen atoms in total. The number of nitrogens with one attached hydrogen (secondary N) is 1. The van der Waals surface area contributed by atoms with E-state index in [0.29, 0.717) is 24.5 Å². The molecular weight excluding hydrogens is 354 g/mol. The summed E-state index contributed by atoms with van der Waals surface area (Å²) < 4.78 is 30.0. The van der Waals surface area contributed by atoms with Gasteiger partial charge in [0, 0.05) is 19.6 Å². The fourth-order valence-corrected chi connectivity index (χ4v) is 4.13. The monoisotopic (exact) mass is 370 g/mol. The van der Waals surface area contributed by atoms with Crippen molar-refractivity contribution in [1.29, 1.82) is 0 Å². The lowest BCUT2D eigenvalue weighted by atomic mass is 9.88. The van der Waals surface area contributed by atoms with Gasteiger partial charge in [-0.2, -0.15) is 8.78 Å². The van der Waals surface area contributed by atoms with Gasteiger partial charge in [-0.25, -0.2) is 9.78 Å². The quantitative estimate of drug-likeness (QED) is 0.887. The molecule has 0 aliphatic carbocycles. The van der Waals surface area contributed by atoms with Gasteiger partial charge in [0.1, 0.15) is 4.88 Å². The number of piperazine rings is 1. The van der Waals surface area contributed by atoms with Crippen molar-refractivity contribution in [3.05, 3.63) is 12.1 Å². The Kier molecular flexibility index (Phi) is 4.02. The molecule has 2 aromatic heterocycles. The molecule has 3 aliphatic rings. The number of rotatable bonds is 4. The molecule has 1 N–H and O–H groups in total. The number of alkyl halides is 2. The number of amides is 2. The zero-order chi connectivity index (χ0) is 17.6. The Morgan fingerprint density at radius 1 is 1.44 bits per heavy atom. The van der Waals surface area contributed by atoms with Crippen LogP contribution in [0.4, 0.5) is 18.7 Å². The summed E-state index contributed by atoms with van der Waals surface area (Å²) in [6.45, 7) is 3.91. The second-order valence-corrected chi connectivity index (χ2v) is 6.95. The standard InChI is InChI=1S/C14H16F2N6O2S/c1-2-17-13(23)22-7-3-8(22)6-21(5-7)14-18-4-9(25-14)11-19-20-12(24-11)10(15)16/h4,7-8,10H,2-3,5-6H2,1H3,(H,17,23). The van der Waals surface area contributed by atoms with E-state index in [1.165, 1.54) is 11.3 Å². The Hall–Kier alpha value is -2.30. The van der Waals surface area contributed by atoms with Gasteiger partial charge in [-0.3, -0.25) is 0 Å². The number of urea groups is 1. The fourth-order valence-electron chi connectivity index (χ4n) is 3.27. The molecule has 2 aromatic rings. The minimum Gasteiger partial charge on any atom is -0.414 e. The predicted octanol–water partition coefficient (Wildman–Crippen LogP) is 2.12. The molecule has 5 heterocycles. The van der Waals surface area contributed by atoms with E-state index in [2.05, 4.69) is 25.4 Å². The number of hydrogen-bond acceptors (Lipinski definition) is 7. The van der Waals surface area contributed by atoms with Crippen LogP contribution in [0.2, 0.25) is 0 Å². The smallest absolute Gasteiger partial charge is 0.318 e. The van der Waals surface area contributed by atoms with Gasteiger partial charge >= 0.3 is 12.5 Å². The molecule has 3 saturated heterocycles. The molecule has 2 bridgehead atoms. The third kappa shape index (κ3) is 2.81. The summed E-state index contributed by atoms with van der Waals surface area (Å²) in [5.41, 5.74) is 0. The highest BCUT2D eigenvalue weighted by atomic mass is 32.1. The molecule has 0 aromatic carbocycles. The van der Waals surface area contributed by atoms with Crippen molar-refractivity contribution in [3.63, 3.8) is 0 Å². The average Bonchev–Trinajstić information content (AvgIpc) is 3.24. The summed E-state index contributed by atoms with van der Waals surface area (Å²) >= 11 is 1.31. The first-order chi connectivity index (χ1) is 12.1. The van der Waals surface area contributed by atoms with E-state index in [1.54, 1.807) is 6.20 Å². The normalized spacial score (nSPS) is 22.2. The molecule has 0 saturated carbocycles. The number of thiazole rings is 1. The highest BCUT2D eigenvalue weighted by Gasteiger charge is 2.47. The summed E-state index contributed by atoms with van der Waals surface area (Å²) in [5, 5.41) is 10.6. The molecule has 11 heteroatoms. The van der Waals surface area contributed by atoms with Crippen LogP contribution < -0.4 is 10.2 Å². The van der Waals surface area contributed by atoms with Gasteiger partial charge in [0.15, 0.2) is 5.13 Å². The lowest BCUT2D eigenvalue weighted by molar-refractivity contribution is 0.0372. The maximum absolute atomic E-state index is 12.5. The lowest BCUT2D eigenvalue weighted by Gasteiger charge is -2.55. The first kappa shape index (κ1) is 16.2. The fraction of sp³-hybridized carbons (Fsp3) is 0.571. The van der Waals surface area contributed by atoms with Crippen LogP contribution in [0.5, 0.6) is 0 Å². The van der Waals surface area contributed by atoms with Gasteiger partial charge in [-0.1, -0.05) is 11.3 Å². The van der Waals surface area contributed by atoms with Crippen molar-refractivity contribution in [2.75, 3.05) is 24.5 Å². The lowest BCUT2D eigenvalue weighted by Crippen LogP contribution is -2.71. The van der Waals surface area contributed by atoms with E-state index in [1.807, 2.05) is 11.8 Å². The zero-order valence-electron chi connectivity index (χ0n) is 13.4. The van der Waals surface area contributed by atoms with Crippen LogP contribution in [0.1, 0.15) is 25.7 Å². The van der Waals surface area contributed by atoms with Crippen LogP contribution >= 0.6 is 11.3 Å². The van der Waals surface area contributed by atoms with Crippen molar-refractivity contribution in [2.45, 2.75) is 31.9 Å². The maximum atomic E-state index is 12.5. The van der Waals surface area contributed by atoms with Gasteiger partial charge in [0.25, 0.3) is 11.8 Å². The van der Waals surface area contributed by atoms with Crippen LogP contribution in [0.15, 0.2) is 10.6 Å². The topological polar surface area (TPSA) is 87.4 Å². The zero-order valence-corrected chi connectivity index (χ0v) is 14.2. The minimum absolute atomic E-state index is 0.0198. The van der Waals surface area contributed by atoms with E-state index in [4.69, 9.17) is 4.42 Å². The molecule has 3 aliphatic heterocycles. The molecule has 0 radical (unpaired) electrons. The number of anilines is 1. The van der Waals surface area contributed by atoms with Gasteiger partial charge < -0.3 is 19.5 Å². The summed E-state index contributed by atoms with van der Waals surface area (Å²) in [7, 11) is 0. The van der Waals surface area contributed by atoms with Gasteiger partial charge in [0.05, 0.1) is 18.3 Å². The van der Waals surface area contributed by atoms with Crippen LogP contribution in [0.3, 0.4) is 0 Å². The van der Waals surface area contributed by atoms with E-state index < -0.39 is 12.3 Å². The molecule has 3 fully saturated rings. The minimum atomic E-state index is -2.79. The van der Waals surface area contributed by atoms with Crippen molar-refractivity contribution < 1.29 is 18.0 Å². The highest BCUT2D eigenvalue weighted by molar-refractivity contribution is 7.18. The molecule has 2 atom stereocenters. The third-order valence-electron chi connectivity index (χ3n) is 4.36. The van der Waals surface area contributed by atoms with Gasteiger partial charge in [0.2, 0.25) is 0 Å². The van der Waals surface area contributed by atoms with Crippen molar-refractivity contribution in [3.8, 4) is 10.8 Å². The SMILES string of the molecule is CCNC(=O)N1C2CC1CN(c1ncc(-c3nnc(C(F)F)o3)s1)C2. The molecule has 5 rings (SSSR count). The van der Waals surface area contributed by atoms with E-state index in [0.717, 1.165) is 11.6 Å². The number of fused-ring (bicyclic) bond motifs is 2. The Balaban J connectivity index is 1.44. The first-order valence-corrected chi connectivity index (χ1v) is 8.77. The number of carbonyl (C=O) groups is 1. The number of carbonyl (C=O) groups excluding carboxylic acids is 1. The van der Waals surface area contributed by atoms with Crippen LogP contribution in [0.25, 0.3) is 10.8 Å². The third-order valence-corrected chi connectivity index (χ3v) is 5.40. The van der Waals surface area contributed by atoms with Gasteiger partial charge in [-0.15, -0.1) is 10.2 Å². The molecular formula is C14H16F2N6O2S. The predicted molar refractivity (Wildman–Crippen MR) is 85.7 cm³/mol. The van der Waals surface area contributed by atoms with Crippen LogP contribution in [-0.2, 0) is 0 Å². The van der Waals surface area contributed by atoms with Crippen LogP contribution in [-0.4, -0.2) is 57.8 Å². The van der Waals surface area contributed by atoms with E-state index in [-0.39, 0.29) is 24.0 Å². The first-order valence-electron chi connectivity index (χ1n) is 7.95. The maximum Gasteiger partial charge on any atom is 0.318 e. The van der Waals surface area contributed by atoms with E-state index in [9.17, 15) is 13.6 Å². The Labute approximate surface area is 145 Å². The number of halogens is 2. The van der Waals surface area contributed by atoms with Gasteiger partial charge in [-0.05, 0) is 13.3 Å². The van der Waals surface area contributed by atoms with E-state index >= 15 is 0 Å². The summed E-state index contributed by atoms with van der Waals surface area (Å²) in [6.07, 6.45) is -0.249. The van der Waals surface area contributed by atoms with Crippen molar-refractivity contribution in [1.82, 2.24) is 25.4 Å². The van der Waals surface area contributed by atoms with Crippen LogP contribution in [0, 0.1) is 0 Å². The van der Waals surface area contributed by atoms with Crippen molar-refractivity contribution in [2.24, 2.45) is 0 Å². The number of aromatic nitrogens is 3. The molecule has 2 amide bonds. The second kappa shape index (κ2) is 6.21. The number of piperidine rings is 1. The summed E-state index contributed by atoms with van der Waals surface area (Å²) in [5.74, 6) is -0.646. The molecule has 0 spiro atoms. The Morgan fingerprint density at radius 3 is 2.84 bits per heavy atom. The number of nitrogens with zero attached hydrogens (tertiary/aromatic N) is 5. The average molecular weight is 370 g/mol. The molecule has 2 unspecified atom stereocenters. The Bertz CT molecular complexity index is 769. The Morgan fingerprint density at radius 2 is 2.20 bits per heavy atom.